The van der Waals surface area contributed by atoms with Gasteiger partial charge in [0.05, 0.1) is 4.92 Å². The van der Waals surface area contributed by atoms with E-state index in [9.17, 15) is 10.1 Å². The molecule has 0 aromatic carbocycles. The Bertz CT molecular complexity index is 257. The van der Waals surface area contributed by atoms with Gasteiger partial charge < -0.3 is 5.32 Å². The summed E-state index contributed by atoms with van der Waals surface area (Å²) in [6.45, 7) is 0.427. The average molecular weight is 156 g/mol. The third-order valence-corrected chi connectivity index (χ3v) is 1.25. The molecule has 0 aliphatic carbocycles. The molecule has 0 saturated heterocycles. The highest BCUT2D eigenvalue weighted by atomic mass is 16.6. The highest BCUT2D eigenvalue weighted by Gasteiger charge is 2.13. The molecule has 0 unspecified atom stereocenters. The minimum atomic E-state index is -0.462. The number of H-pyrrole nitrogens is 1. The van der Waals surface area contributed by atoms with E-state index in [2.05, 4.69) is 15.5 Å². The molecule has 1 aromatic rings. The summed E-state index contributed by atoms with van der Waals surface area (Å²) in [6, 6.07) is 0. The number of aromatic amines is 1. The van der Waals surface area contributed by atoms with E-state index >= 15 is 0 Å². The molecule has 0 fully saturated rings. The molecule has 1 rings (SSSR count). The van der Waals surface area contributed by atoms with Crippen molar-refractivity contribution in [2.45, 2.75) is 6.54 Å². The summed E-state index contributed by atoms with van der Waals surface area (Å²) in [7, 11) is 1.71. The fourth-order valence-corrected chi connectivity index (χ4v) is 0.771. The topological polar surface area (TPSA) is 83.8 Å². The molecule has 0 bridgehead atoms. The van der Waals surface area contributed by atoms with Gasteiger partial charge in [-0.15, -0.1) is 0 Å². The minimum absolute atomic E-state index is 0.0272. The first-order chi connectivity index (χ1) is 5.25. The lowest BCUT2D eigenvalue weighted by Crippen LogP contribution is -2.07. The first-order valence-electron chi connectivity index (χ1n) is 3.07. The largest absolute Gasteiger partial charge is 0.314 e. The summed E-state index contributed by atoms with van der Waals surface area (Å²) >= 11 is 0. The Morgan fingerprint density at radius 1 is 1.91 bits per heavy atom. The Hall–Kier alpha value is -1.43. The standard InChI is InChI=1S/C5H8N4O2/c1-6-2-4-5(9(10)11)3-7-8-4/h3,6H,2H2,1H3,(H,7,8). The Morgan fingerprint density at radius 2 is 2.64 bits per heavy atom. The lowest BCUT2D eigenvalue weighted by Gasteiger charge is -1.92. The van der Waals surface area contributed by atoms with Crippen LogP contribution in [-0.2, 0) is 6.54 Å². The Balaban J connectivity index is 2.87. The molecule has 2 N–H and O–H groups in total. The van der Waals surface area contributed by atoms with Crippen molar-refractivity contribution in [2.24, 2.45) is 0 Å². The maximum atomic E-state index is 10.3. The van der Waals surface area contributed by atoms with Crippen LogP contribution in [0.3, 0.4) is 0 Å². The van der Waals surface area contributed by atoms with Crippen molar-refractivity contribution in [3.8, 4) is 0 Å². The van der Waals surface area contributed by atoms with Gasteiger partial charge in [-0.25, -0.2) is 0 Å². The van der Waals surface area contributed by atoms with Crippen LogP contribution in [0.2, 0.25) is 0 Å². The van der Waals surface area contributed by atoms with E-state index in [1.807, 2.05) is 0 Å². The summed E-state index contributed by atoms with van der Waals surface area (Å²) in [5.74, 6) is 0. The molecule has 1 aromatic heterocycles. The second kappa shape index (κ2) is 3.11. The average Bonchev–Trinajstić information content (AvgIpc) is 2.36. The molecule has 60 valence electrons. The van der Waals surface area contributed by atoms with Gasteiger partial charge >= 0.3 is 5.69 Å². The van der Waals surface area contributed by atoms with E-state index in [0.29, 0.717) is 12.2 Å². The van der Waals surface area contributed by atoms with E-state index < -0.39 is 4.92 Å². The van der Waals surface area contributed by atoms with Crippen molar-refractivity contribution >= 4 is 5.69 Å². The van der Waals surface area contributed by atoms with Crippen molar-refractivity contribution < 1.29 is 4.92 Å². The summed E-state index contributed by atoms with van der Waals surface area (Å²) in [4.78, 5) is 9.81. The zero-order valence-electron chi connectivity index (χ0n) is 6.00. The Labute approximate surface area is 62.8 Å². The predicted octanol–water partition coefficient (Wildman–Crippen LogP) is 0.0373. The molecular weight excluding hydrogens is 148 g/mol. The van der Waals surface area contributed by atoms with Gasteiger partial charge in [-0.1, -0.05) is 0 Å². The quantitative estimate of drug-likeness (QED) is 0.478. The fourth-order valence-electron chi connectivity index (χ4n) is 0.771. The normalized spacial score (nSPS) is 9.91. The van der Waals surface area contributed by atoms with Crippen LogP contribution < -0.4 is 5.32 Å². The SMILES string of the molecule is CNCc1[nH]ncc1[N+](=O)[O-]. The van der Waals surface area contributed by atoms with Gasteiger partial charge in [0.1, 0.15) is 11.9 Å². The minimum Gasteiger partial charge on any atom is -0.314 e. The smallest absolute Gasteiger partial charge is 0.311 e. The Kier molecular flexibility index (Phi) is 2.17. The van der Waals surface area contributed by atoms with Gasteiger partial charge in [0.15, 0.2) is 0 Å². The van der Waals surface area contributed by atoms with Crippen LogP contribution >= 0.6 is 0 Å². The number of nitro groups is 1. The summed E-state index contributed by atoms with van der Waals surface area (Å²) in [5, 5.41) is 19.2. The van der Waals surface area contributed by atoms with E-state index in [-0.39, 0.29) is 5.69 Å². The van der Waals surface area contributed by atoms with E-state index in [1.165, 1.54) is 6.20 Å². The number of nitrogens with one attached hydrogen (secondary N) is 2. The Morgan fingerprint density at radius 3 is 3.18 bits per heavy atom. The summed E-state index contributed by atoms with van der Waals surface area (Å²) in [6.07, 6.45) is 1.20. The summed E-state index contributed by atoms with van der Waals surface area (Å²) < 4.78 is 0. The highest BCUT2D eigenvalue weighted by Crippen LogP contribution is 2.13. The van der Waals surface area contributed by atoms with Gasteiger partial charge in [-0.2, -0.15) is 5.10 Å². The van der Waals surface area contributed by atoms with Gasteiger partial charge in [0.2, 0.25) is 0 Å². The molecule has 0 spiro atoms. The molecule has 1 heterocycles. The second-order valence-corrected chi connectivity index (χ2v) is 2.02. The lowest BCUT2D eigenvalue weighted by atomic mass is 10.4. The third kappa shape index (κ3) is 1.53. The van der Waals surface area contributed by atoms with Gasteiger partial charge in [0.25, 0.3) is 0 Å². The molecule has 0 saturated carbocycles. The van der Waals surface area contributed by atoms with Crippen LogP contribution in [0.5, 0.6) is 0 Å². The van der Waals surface area contributed by atoms with Crippen LogP contribution in [0.25, 0.3) is 0 Å². The van der Waals surface area contributed by atoms with Crippen molar-refractivity contribution in [3.63, 3.8) is 0 Å². The van der Waals surface area contributed by atoms with E-state index in [0.717, 1.165) is 0 Å². The molecular formula is C5H8N4O2. The second-order valence-electron chi connectivity index (χ2n) is 2.02. The third-order valence-electron chi connectivity index (χ3n) is 1.25. The molecule has 0 aliphatic heterocycles. The molecule has 6 heteroatoms. The number of aromatic nitrogens is 2. The zero-order chi connectivity index (χ0) is 8.27. The van der Waals surface area contributed by atoms with Crippen LogP contribution in [0.4, 0.5) is 5.69 Å². The van der Waals surface area contributed by atoms with Crippen LogP contribution in [0.15, 0.2) is 6.20 Å². The van der Waals surface area contributed by atoms with Crippen molar-refractivity contribution in [1.29, 1.82) is 0 Å². The molecule has 6 nitrogen and oxygen atoms in total. The van der Waals surface area contributed by atoms with E-state index in [4.69, 9.17) is 0 Å². The van der Waals surface area contributed by atoms with Crippen molar-refractivity contribution in [1.82, 2.24) is 15.5 Å². The molecule has 0 atom stereocenters. The van der Waals surface area contributed by atoms with Crippen LogP contribution in [0, 0.1) is 10.1 Å². The number of rotatable bonds is 3. The van der Waals surface area contributed by atoms with Gasteiger partial charge in [0, 0.05) is 6.54 Å². The molecule has 0 amide bonds. The number of nitrogens with zero attached hydrogens (tertiary/aromatic N) is 2. The van der Waals surface area contributed by atoms with Gasteiger partial charge in [-0.05, 0) is 7.05 Å². The zero-order valence-corrected chi connectivity index (χ0v) is 6.00. The molecule has 11 heavy (non-hydrogen) atoms. The van der Waals surface area contributed by atoms with Gasteiger partial charge in [-0.3, -0.25) is 15.2 Å². The number of hydrogen-bond donors (Lipinski definition) is 2. The number of hydrogen-bond acceptors (Lipinski definition) is 4. The van der Waals surface area contributed by atoms with E-state index in [1.54, 1.807) is 7.05 Å². The first-order valence-corrected chi connectivity index (χ1v) is 3.07. The monoisotopic (exact) mass is 156 g/mol. The highest BCUT2D eigenvalue weighted by molar-refractivity contribution is 5.31. The lowest BCUT2D eigenvalue weighted by molar-refractivity contribution is -0.385. The van der Waals surface area contributed by atoms with Crippen molar-refractivity contribution in [2.75, 3.05) is 7.05 Å². The fraction of sp³-hybridized carbons (Fsp3) is 0.400. The van der Waals surface area contributed by atoms with Crippen LogP contribution in [0.1, 0.15) is 5.69 Å². The predicted molar refractivity (Wildman–Crippen MR) is 38.0 cm³/mol. The summed E-state index contributed by atoms with van der Waals surface area (Å²) in [5.41, 5.74) is 0.525. The molecule has 0 aliphatic rings. The first kappa shape index (κ1) is 7.67. The maximum Gasteiger partial charge on any atom is 0.311 e. The molecule has 0 radical (unpaired) electrons. The van der Waals surface area contributed by atoms with Crippen LogP contribution in [-0.4, -0.2) is 22.2 Å². The maximum absolute atomic E-state index is 10.3. The van der Waals surface area contributed by atoms with Crippen molar-refractivity contribution in [3.05, 3.63) is 22.0 Å².